The molecule has 0 aliphatic carbocycles. The number of amides is 1. The predicted octanol–water partition coefficient (Wildman–Crippen LogP) is 3.83. The first-order valence-corrected chi connectivity index (χ1v) is 11.1. The van der Waals surface area contributed by atoms with Gasteiger partial charge in [-0.05, 0) is 54.7 Å². The van der Waals surface area contributed by atoms with Crippen LogP contribution in [0.1, 0.15) is 30.4 Å². The molecule has 1 unspecified atom stereocenters. The first kappa shape index (κ1) is 21.5. The van der Waals surface area contributed by atoms with Crippen molar-refractivity contribution < 1.29 is 22.9 Å². The van der Waals surface area contributed by atoms with Gasteiger partial charge >= 0.3 is 0 Å². The molecule has 1 heterocycles. The summed E-state index contributed by atoms with van der Waals surface area (Å²) in [5.41, 5.74) is 2.35. The topological polar surface area (TPSA) is 64.6 Å². The van der Waals surface area contributed by atoms with E-state index in [2.05, 4.69) is 5.32 Å². The number of methoxy groups -OCH3 is 1. The summed E-state index contributed by atoms with van der Waals surface area (Å²) in [6, 6.07) is 12.1. The molecule has 1 aliphatic rings. The summed E-state index contributed by atoms with van der Waals surface area (Å²) in [6.07, 6.45) is 2.33. The van der Waals surface area contributed by atoms with Crippen molar-refractivity contribution in [2.45, 2.75) is 36.7 Å². The number of hydrogen-bond acceptors (Lipinski definition) is 4. The van der Waals surface area contributed by atoms with Crippen LogP contribution in [-0.4, -0.2) is 35.7 Å². The summed E-state index contributed by atoms with van der Waals surface area (Å²) in [6.45, 7) is 1.34. The van der Waals surface area contributed by atoms with E-state index in [1.807, 2.05) is 24.3 Å². The molecule has 156 valence electrons. The van der Waals surface area contributed by atoms with Crippen LogP contribution in [0, 0.1) is 5.82 Å². The van der Waals surface area contributed by atoms with Gasteiger partial charge in [-0.1, -0.05) is 18.2 Å². The summed E-state index contributed by atoms with van der Waals surface area (Å²) in [4.78, 5) is 12.3. The number of nitrogens with one attached hydrogen (secondary N) is 1. The molecule has 1 fully saturated rings. The Bertz CT molecular complexity index is 868. The molecule has 1 saturated heterocycles. The van der Waals surface area contributed by atoms with Crippen molar-refractivity contribution in [2.24, 2.45) is 0 Å². The van der Waals surface area contributed by atoms with Crippen molar-refractivity contribution in [3.05, 3.63) is 59.4 Å². The highest BCUT2D eigenvalue weighted by Gasteiger charge is 2.20. The summed E-state index contributed by atoms with van der Waals surface area (Å²) in [7, 11) is 0.465. The quantitative estimate of drug-likeness (QED) is 0.706. The molecular formula is C22H26FNO4S. The minimum atomic E-state index is -0.950. The average Bonchev–Trinajstić information content (AvgIpc) is 2.73. The third-order valence-electron chi connectivity index (χ3n) is 4.92. The van der Waals surface area contributed by atoms with Crippen LogP contribution < -0.4 is 10.1 Å². The summed E-state index contributed by atoms with van der Waals surface area (Å²) in [5.74, 6) is 0.0761. The van der Waals surface area contributed by atoms with E-state index in [4.69, 9.17) is 9.47 Å². The molecule has 1 aliphatic heterocycles. The van der Waals surface area contributed by atoms with Crippen LogP contribution in [0.5, 0.6) is 5.75 Å². The lowest BCUT2D eigenvalue weighted by Gasteiger charge is -2.21. The number of carbonyl (C=O) groups excluding carboxylic acids is 1. The van der Waals surface area contributed by atoms with Crippen molar-refractivity contribution in [1.82, 2.24) is 0 Å². The third kappa shape index (κ3) is 6.37. The lowest BCUT2D eigenvalue weighted by atomic mass is 10.1. The number of halogens is 1. The summed E-state index contributed by atoms with van der Waals surface area (Å²) >= 11 is 0. The maximum atomic E-state index is 13.7. The fourth-order valence-corrected chi connectivity index (χ4v) is 4.77. The number of aryl methyl sites for hydroxylation is 1. The Hall–Kier alpha value is -2.25. The van der Waals surface area contributed by atoms with Gasteiger partial charge < -0.3 is 14.8 Å². The van der Waals surface area contributed by atoms with Gasteiger partial charge in [0.05, 0.1) is 7.11 Å². The van der Waals surface area contributed by atoms with Crippen LogP contribution in [0.15, 0.2) is 42.5 Å². The Morgan fingerprint density at radius 2 is 2.00 bits per heavy atom. The normalized spacial score (nSPS) is 15.7. The minimum Gasteiger partial charge on any atom is -0.494 e. The Morgan fingerprint density at radius 1 is 1.21 bits per heavy atom. The number of ether oxygens (including phenoxy) is 2. The zero-order valence-electron chi connectivity index (χ0n) is 16.5. The summed E-state index contributed by atoms with van der Waals surface area (Å²) in [5, 5.41) is 3.04. The zero-order valence-corrected chi connectivity index (χ0v) is 17.3. The van der Waals surface area contributed by atoms with Crippen LogP contribution in [0.2, 0.25) is 0 Å². The lowest BCUT2D eigenvalue weighted by Crippen LogP contribution is -2.25. The Balaban J connectivity index is 1.52. The molecule has 7 heteroatoms. The zero-order chi connectivity index (χ0) is 20.6. The number of carbonyl (C=O) groups is 1. The maximum absolute atomic E-state index is 13.7. The molecule has 0 saturated carbocycles. The van der Waals surface area contributed by atoms with Gasteiger partial charge in [0.25, 0.3) is 0 Å². The van der Waals surface area contributed by atoms with Gasteiger partial charge in [-0.2, -0.15) is 0 Å². The fraction of sp³-hybridized carbons (Fsp3) is 0.409. The second-order valence-corrected chi connectivity index (χ2v) is 8.77. The first-order valence-electron chi connectivity index (χ1n) is 9.71. The minimum absolute atomic E-state index is 0.149. The number of hydrogen-bond donors (Lipinski definition) is 1. The van der Waals surface area contributed by atoms with Gasteiger partial charge in [-0.15, -0.1) is 0 Å². The Kier molecular flexibility index (Phi) is 7.77. The van der Waals surface area contributed by atoms with Crippen LogP contribution in [0.3, 0.4) is 0 Å². The largest absolute Gasteiger partial charge is 0.494 e. The number of rotatable bonds is 8. The molecule has 0 bridgehead atoms. The Morgan fingerprint density at radius 3 is 2.72 bits per heavy atom. The molecule has 1 amide bonds. The second-order valence-electron chi connectivity index (χ2n) is 7.05. The van der Waals surface area contributed by atoms with Crippen molar-refractivity contribution in [3.63, 3.8) is 0 Å². The molecule has 0 aromatic heterocycles. The number of anilines is 1. The van der Waals surface area contributed by atoms with Crippen LogP contribution in [-0.2, 0) is 32.5 Å². The first-order chi connectivity index (χ1) is 14.0. The van der Waals surface area contributed by atoms with Crippen molar-refractivity contribution >= 4 is 22.4 Å². The van der Waals surface area contributed by atoms with Gasteiger partial charge in [0, 0.05) is 47.1 Å². The molecule has 2 aromatic rings. The molecule has 3 rings (SSSR count). The van der Waals surface area contributed by atoms with Crippen LogP contribution in [0.25, 0.3) is 0 Å². The standard InChI is InChI=1S/C22H26FNO4S/c1-27-21-7-5-16(14-20(21)23)6-8-22(25)24-18-4-2-3-17(13-18)15-29(26)19-9-11-28-12-10-19/h2-5,7,13-14,19H,6,8-12,15H2,1H3,(H,24,25). The summed E-state index contributed by atoms with van der Waals surface area (Å²) < 4.78 is 36.5. The average molecular weight is 420 g/mol. The monoisotopic (exact) mass is 419 g/mol. The molecule has 1 N–H and O–H groups in total. The second kappa shape index (κ2) is 10.5. The van der Waals surface area contributed by atoms with E-state index < -0.39 is 16.6 Å². The van der Waals surface area contributed by atoms with E-state index in [0.29, 0.717) is 31.1 Å². The molecule has 29 heavy (non-hydrogen) atoms. The molecule has 2 aromatic carbocycles. The molecule has 5 nitrogen and oxygen atoms in total. The predicted molar refractivity (Wildman–Crippen MR) is 112 cm³/mol. The van der Waals surface area contributed by atoms with Crippen molar-refractivity contribution in [3.8, 4) is 5.75 Å². The van der Waals surface area contributed by atoms with Gasteiger partial charge in [-0.25, -0.2) is 4.39 Å². The fourth-order valence-electron chi connectivity index (χ4n) is 3.31. The van der Waals surface area contributed by atoms with Crippen molar-refractivity contribution in [1.29, 1.82) is 0 Å². The van der Waals surface area contributed by atoms with Gasteiger partial charge in [-0.3, -0.25) is 9.00 Å². The van der Waals surface area contributed by atoms with Gasteiger partial charge in [0.1, 0.15) is 0 Å². The van der Waals surface area contributed by atoms with Gasteiger partial charge in [0.2, 0.25) is 5.91 Å². The molecule has 1 atom stereocenters. The van der Waals surface area contributed by atoms with E-state index in [1.54, 1.807) is 12.1 Å². The SMILES string of the molecule is COc1ccc(CCC(=O)Nc2cccc(CS(=O)C3CCOCC3)c2)cc1F. The van der Waals surface area contributed by atoms with E-state index in [-0.39, 0.29) is 23.3 Å². The van der Waals surface area contributed by atoms with Crippen molar-refractivity contribution in [2.75, 3.05) is 25.6 Å². The third-order valence-corrected chi connectivity index (χ3v) is 6.75. The Labute approximate surface area is 173 Å². The van der Waals surface area contributed by atoms with Crippen LogP contribution >= 0.6 is 0 Å². The molecular weight excluding hydrogens is 393 g/mol. The van der Waals surface area contributed by atoms with E-state index in [1.165, 1.54) is 13.2 Å². The van der Waals surface area contributed by atoms with Crippen LogP contribution in [0.4, 0.5) is 10.1 Å². The highest BCUT2D eigenvalue weighted by atomic mass is 32.2. The molecule has 0 radical (unpaired) electrons. The number of benzene rings is 2. The highest BCUT2D eigenvalue weighted by molar-refractivity contribution is 7.84. The molecule has 0 spiro atoms. The highest BCUT2D eigenvalue weighted by Crippen LogP contribution is 2.20. The van der Waals surface area contributed by atoms with E-state index >= 15 is 0 Å². The lowest BCUT2D eigenvalue weighted by molar-refractivity contribution is -0.116. The maximum Gasteiger partial charge on any atom is 0.224 e. The smallest absolute Gasteiger partial charge is 0.224 e. The van der Waals surface area contributed by atoms with E-state index in [9.17, 15) is 13.4 Å². The van der Waals surface area contributed by atoms with Gasteiger partial charge in [0.15, 0.2) is 11.6 Å². The van der Waals surface area contributed by atoms with E-state index in [0.717, 1.165) is 24.0 Å².